The summed E-state index contributed by atoms with van der Waals surface area (Å²) in [6.45, 7) is 0. The molecule has 0 spiro atoms. The van der Waals surface area contributed by atoms with E-state index in [4.69, 9.17) is 4.74 Å². The summed E-state index contributed by atoms with van der Waals surface area (Å²) in [6, 6.07) is 25.3. The van der Waals surface area contributed by atoms with Crippen LogP contribution >= 0.6 is 15.9 Å². The first-order valence-corrected chi connectivity index (χ1v) is 12.8. The van der Waals surface area contributed by atoms with Crippen molar-refractivity contribution in [1.29, 1.82) is 0 Å². The van der Waals surface area contributed by atoms with Crippen molar-refractivity contribution >= 4 is 53.4 Å². The van der Waals surface area contributed by atoms with Crippen molar-refractivity contribution in [1.82, 2.24) is 3.97 Å². The highest BCUT2D eigenvalue weighted by molar-refractivity contribution is 9.15. The summed E-state index contributed by atoms with van der Waals surface area (Å²) in [6.07, 6.45) is 5.15. The molecule has 4 aromatic rings. The standard InChI is InChI=1S/C27H22BrNO4S/c1-33-27(30)19-16-23-22-14-8-9-15-25(22)29(34(31,32)21-12-6-3-7-13-21)26(23)18-17-24(28)20-10-4-2-5-11-20/h2-17,19H,18H2,1H3/b19-16+,24-17+. The molecule has 0 N–H and O–H groups in total. The molecule has 34 heavy (non-hydrogen) atoms. The molecule has 0 aliphatic heterocycles. The van der Waals surface area contributed by atoms with Crippen molar-refractivity contribution in [2.45, 2.75) is 11.3 Å². The molecule has 0 saturated carbocycles. The molecule has 0 amide bonds. The van der Waals surface area contributed by atoms with Crippen molar-refractivity contribution in [2.75, 3.05) is 7.11 Å². The quantitative estimate of drug-likeness (QED) is 0.213. The van der Waals surface area contributed by atoms with Crippen LogP contribution in [0.3, 0.4) is 0 Å². The minimum Gasteiger partial charge on any atom is -0.466 e. The zero-order valence-electron chi connectivity index (χ0n) is 18.4. The Labute approximate surface area is 207 Å². The van der Waals surface area contributed by atoms with E-state index in [-0.39, 0.29) is 4.90 Å². The van der Waals surface area contributed by atoms with Crippen molar-refractivity contribution in [3.63, 3.8) is 0 Å². The van der Waals surface area contributed by atoms with E-state index in [1.54, 1.807) is 48.5 Å². The fourth-order valence-corrected chi connectivity index (χ4v) is 5.78. The van der Waals surface area contributed by atoms with Crippen LogP contribution in [0.25, 0.3) is 21.5 Å². The highest BCUT2D eigenvalue weighted by atomic mass is 79.9. The van der Waals surface area contributed by atoms with Gasteiger partial charge in [0.2, 0.25) is 0 Å². The third kappa shape index (κ3) is 4.76. The van der Waals surface area contributed by atoms with E-state index in [0.717, 1.165) is 15.4 Å². The number of ether oxygens (including phenoxy) is 1. The Kier molecular flexibility index (Phi) is 7.14. The normalized spacial score (nSPS) is 12.4. The summed E-state index contributed by atoms with van der Waals surface area (Å²) in [4.78, 5) is 12.0. The lowest BCUT2D eigenvalue weighted by molar-refractivity contribution is -0.134. The van der Waals surface area contributed by atoms with Crippen LogP contribution in [0.4, 0.5) is 0 Å². The van der Waals surface area contributed by atoms with E-state index in [1.807, 2.05) is 48.5 Å². The minimum absolute atomic E-state index is 0.187. The van der Waals surface area contributed by atoms with E-state index >= 15 is 0 Å². The molecule has 5 nitrogen and oxygen atoms in total. The van der Waals surface area contributed by atoms with Gasteiger partial charge in [-0.15, -0.1) is 0 Å². The fourth-order valence-electron chi connectivity index (χ4n) is 3.76. The smallest absolute Gasteiger partial charge is 0.330 e. The number of halogens is 1. The van der Waals surface area contributed by atoms with Gasteiger partial charge >= 0.3 is 5.97 Å². The highest BCUT2D eigenvalue weighted by Gasteiger charge is 2.25. The molecule has 7 heteroatoms. The van der Waals surface area contributed by atoms with Crippen molar-refractivity contribution in [3.05, 3.63) is 114 Å². The number of allylic oxidation sites excluding steroid dienone is 1. The highest BCUT2D eigenvalue weighted by Crippen LogP contribution is 2.33. The van der Waals surface area contributed by atoms with Crippen LogP contribution in [0.2, 0.25) is 0 Å². The van der Waals surface area contributed by atoms with Gasteiger partial charge < -0.3 is 4.74 Å². The zero-order chi connectivity index (χ0) is 24.1. The monoisotopic (exact) mass is 535 g/mol. The number of methoxy groups -OCH3 is 1. The van der Waals surface area contributed by atoms with Gasteiger partial charge in [-0.2, -0.15) is 0 Å². The van der Waals surface area contributed by atoms with Gasteiger partial charge in [0.15, 0.2) is 0 Å². The van der Waals surface area contributed by atoms with Crippen LogP contribution in [-0.4, -0.2) is 25.5 Å². The first-order valence-electron chi connectivity index (χ1n) is 10.5. The molecule has 0 unspecified atom stereocenters. The Bertz CT molecular complexity index is 1490. The van der Waals surface area contributed by atoms with Crippen molar-refractivity contribution < 1.29 is 17.9 Å². The Morgan fingerprint density at radius 3 is 2.24 bits per heavy atom. The number of benzene rings is 3. The van der Waals surface area contributed by atoms with Crippen LogP contribution in [-0.2, 0) is 26.0 Å². The number of esters is 1. The number of aromatic nitrogens is 1. The maximum absolute atomic E-state index is 13.8. The molecule has 0 bridgehead atoms. The molecule has 0 aliphatic carbocycles. The molecule has 172 valence electrons. The third-order valence-electron chi connectivity index (χ3n) is 5.36. The largest absolute Gasteiger partial charge is 0.466 e. The summed E-state index contributed by atoms with van der Waals surface area (Å²) in [5.74, 6) is -0.519. The van der Waals surface area contributed by atoms with Crippen LogP contribution in [0, 0.1) is 0 Å². The molecule has 0 radical (unpaired) electrons. The molecular weight excluding hydrogens is 514 g/mol. The number of hydrogen-bond donors (Lipinski definition) is 0. The lowest BCUT2D eigenvalue weighted by Gasteiger charge is -2.12. The molecule has 1 heterocycles. The van der Waals surface area contributed by atoms with Gasteiger partial charge in [-0.1, -0.05) is 88.7 Å². The van der Waals surface area contributed by atoms with Crippen LogP contribution in [0.1, 0.15) is 16.8 Å². The molecule has 0 fully saturated rings. The van der Waals surface area contributed by atoms with E-state index < -0.39 is 16.0 Å². The number of rotatable bonds is 7. The van der Waals surface area contributed by atoms with E-state index in [9.17, 15) is 13.2 Å². The zero-order valence-corrected chi connectivity index (χ0v) is 20.8. The molecule has 0 atom stereocenters. The fraction of sp³-hybridized carbons (Fsp3) is 0.0741. The molecular formula is C27H22BrNO4S. The topological polar surface area (TPSA) is 65.4 Å². The first kappa shape index (κ1) is 23.7. The summed E-state index contributed by atoms with van der Waals surface area (Å²) in [5, 5.41) is 0.724. The molecule has 4 rings (SSSR count). The third-order valence-corrected chi connectivity index (χ3v) is 7.91. The Hall–Kier alpha value is -3.42. The summed E-state index contributed by atoms with van der Waals surface area (Å²) in [7, 11) is -2.61. The van der Waals surface area contributed by atoms with Gasteiger partial charge in [-0.05, 0) is 29.8 Å². The van der Waals surface area contributed by atoms with E-state index in [2.05, 4.69) is 15.9 Å². The van der Waals surface area contributed by atoms with Crippen molar-refractivity contribution in [2.24, 2.45) is 0 Å². The van der Waals surface area contributed by atoms with Gasteiger partial charge in [-0.25, -0.2) is 17.2 Å². The van der Waals surface area contributed by atoms with Crippen molar-refractivity contribution in [3.8, 4) is 0 Å². The van der Waals surface area contributed by atoms with E-state index in [1.165, 1.54) is 17.2 Å². The van der Waals surface area contributed by atoms with Gasteiger partial charge in [0.05, 0.1) is 17.5 Å². The molecule has 1 aromatic heterocycles. The maximum Gasteiger partial charge on any atom is 0.330 e. The van der Waals surface area contributed by atoms with Crippen LogP contribution < -0.4 is 0 Å². The summed E-state index contributed by atoms with van der Waals surface area (Å²) in [5.41, 5.74) is 2.70. The number of para-hydroxylation sites is 1. The Morgan fingerprint density at radius 2 is 1.56 bits per heavy atom. The van der Waals surface area contributed by atoms with Gasteiger partial charge in [-0.3, -0.25) is 0 Å². The second-order valence-corrected chi connectivity index (χ2v) is 10.1. The summed E-state index contributed by atoms with van der Waals surface area (Å²) < 4.78 is 34.6. The number of fused-ring (bicyclic) bond motifs is 1. The predicted octanol–water partition coefficient (Wildman–Crippen LogP) is 6.04. The molecule has 0 aliphatic rings. The SMILES string of the molecule is COC(=O)/C=C/c1c(C/C=C(/Br)c2ccccc2)n(S(=O)(=O)c2ccccc2)c2ccccc12. The van der Waals surface area contributed by atoms with Gasteiger partial charge in [0.25, 0.3) is 10.0 Å². The lowest BCUT2D eigenvalue weighted by Crippen LogP contribution is -2.16. The Balaban J connectivity index is 1.96. The number of nitrogens with zero attached hydrogens (tertiary/aromatic N) is 1. The van der Waals surface area contributed by atoms with E-state index in [0.29, 0.717) is 23.2 Å². The second kappa shape index (κ2) is 10.2. The van der Waals surface area contributed by atoms with Gasteiger partial charge in [0, 0.05) is 33.6 Å². The number of carbonyl (C=O) groups excluding carboxylic acids is 1. The first-order chi connectivity index (χ1) is 16.4. The van der Waals surface area contributed by atoms with Crippen LogP contribution in [0.5, 0.6) is 0 Å². The predicted molar refractivity (Wildman–Crippen MR) is 139 cm³/mol. The van der Waals surface area contributed by atoms with Gasteiger partial charge in [0.1, 0.15) is 0 Å². The number of hydrogen-bond acceptors (Lipinski definition) is 4. The molecule has 3 aromatic carbocycles. The lowest BCUT2D eigenvalue weighted by atomic mass is 10.1. The maximum atomic E-state index is 13.8. The average Bonchev–Trinajstić information content (AvgIpc) is 3.20. The average molecular weight is 536 g/mol. The van der Waals surface area contributed by atoms with Crippen LogP contribution in [0.15, 0.2) is 102 Å². The second-order valence-electron chi connectivity index (χ2n) is 7.44. The summed E-state index contributed by atoms with van der Waals surface area (Å²) >= 11 is 3.62. The minimum atomic E-state index is -3.91. The Morgan fingerprint density at radius 1 is 0.941 bits per heavy atom. The molecule has 0 saturated heterocycles. The number of carbonyl (C=O) groups is 1.